The standard InChI is InChI=1S/C13H18N6O4/c1-2-3-15-13-16-9-10(17-12(14)18-11(9)22)19(13)8-4-6(21)7(5-20)23-8/h2,6-8,20-21H,1,3-5H2,(H,15,16)(H3,14,17,18,22)/t6-,7+,8+/m0/s1. The Morgan fingerprint density at radius 3 is 3.00 bits per heavy atom. The Bertz CT molecular complexity index is 785. The number of rotatable bonds is 5. The van der Waals surface area contributed by atoms with Crippen LogP contribution in [0.25, 0.3) is 11.2 Å². The van der Waals surface area contributed by atoms with Crippen molar-refractivity contribution < 1.29 is 14.9 Å². The molecule has 1 aliphatic heterocycles. The number of fused-ring (bicyclic) bond motifs is 1. The van der Waals surface area contributed by atoms with Crippen LogP contribution in [0.5, 0.6) is 0 Å². The summed E-state index contributed by atoms with van der Waals surface area (Å²) in [6.07, 6.45) is -0.295. The molecule has 0 amide bonds. The van der Waals surface area contributed by atoms with Gasteiger partial charge >= 0.3 is 0 Å². The number of imidazole rings is 1. The van der Waals surface area contributed by atoms with Crippen molar-refractivity contribution in [2.75, 3.05) is 24.2 Å². The first-order valence-electron chi connectivity index (χ1n) is 7.12. The summed E-state index contributed by atoms with van der Waals surface area (Å²) in [5.41, 5.74) is 5.49. The summed E-state index contributed by atoms with van der Waals surface area (Å²) in [7, 11) is 0. The van der Waals surface area contributed by atoms with Crippen LogP contribution in [0.3, 0.4) is 0 Å². The van der Waals surface area contributed by atoms with E-state index in [9.17, 15) is 15.0 Å². The van der Waals surface area contributed by atoms with E-state index < -0.39 is 24.0 Å². The van der Waals surface area contributed by atoms with Crippen molar-refractivity contribution in [3.63, 3.8) is 0 Å². The molecule has 0 radical (unpaired) electrons. The summed E-state index contributed by atoms with van der Waals surface area (Å²) >= 11 is 0. The summed E-state index contributed by atoms with van der Waals surface area (Å²) in [4.78, 5) is 22.7. The summed E-state index contributed by atoms with van der Waals surface area (Å²) in [6.45, 7) is 3.72. The van der Waals surface area contributed by atoms with Gasteiger partial charge in [-0.1, -0.05) is 6.08 Å². The SMILES string of the molecule is C=CCNc1nc2c(=O)[nH]c(N)nc2n1[C@H]1C[C@H](O)[C@@H](CO)O1. The number of aromatic amines is 1. The summed E-state index contributed by atoms with van der Waals surface area (Å²) in [6, 6.07) is 0. The molecule has 1 aliphatic rings. The van der Waals surface area contributed by atoms with Gasteiger partial charge in [0.1, 0.15) is 12.3 Å². The van der Waals surface area contributed by atoms with Crippen LogP contribution in [0.2, 0.25) is 0 Å². The largest absolute Gasteiger partial charge is 0.394 e. The molecule has 0 aliphatic carbocycles. The van der Waals surface area contributed by atoms with Crippen LogP contribution in [0.15, 0.2) is 17.4 Å². The first-order chi connectivity index (χ1) is 11.0. The Balaban J connectivity index is 2.12. The molecule has 0 unspecified atom stereocenters. The number of H-pyrrole nitrogens is 1. The fraction of sp³-hybridized carbons (Fsp3) is 0.462. The lowest BCUT2D eigenvalue weighted by Crippen LogP contribution is -2.24. The number of nitrogens with two attached hydrogens (primary N) is 1. The molecule has 2 aromatic heterocycles. The lowest BCUT2D eigenvalue weighted by atomic mass is 10.2. The molecule has 0 saturated carbocycles. The van der Waals surface area contributed by atoms with Crippen LogP contribution in [0.1, 0.15) is 12.6 Å². The van der Waals surface area contributed by atoms with Crippen molar-refractivity contribution in [1.29, 1.82) is 0 Å². The van der Waals surface area contributed by atoms with E-state index in [2.05, 4.69) is 26.8 Å². The molecular formula is C13H18N6O4. The van der Waals surface area contributed by atoms with Crippen molar-refractivity contribution in [1.82, 2.24) is 19.5 Å². The van der Waals surface area contributed by atoms with E-state index in [1.807, 2.05) is 0 Å². The average Bonchev–Trinajstić information content (AvgIpc) is 3.05. The Morgan fingerprint density at radius 2 is 2.35 bits per heavy atom. The number of hydrogen-bond acceptors (Lipinski definition) is 8. The van der Waals surface area contributed by atoms with Crippen LogP contribution in [0.4, 0.5) is 11.9 Å². The van der Waals surface area contributed by atoms with Gasteiger partial charge in [-0.25, -0.2) is 4.98 Å². The number of ether oxygens (including phenoxy) is 1. The molecular weight excluding hydrogens is 304 g/mol. The third-order valence-corrected chi connectivity index (χ3v) is 3.65. The molecule has 1 fully saturated rings. The van der Waals surface area contributed by atoms with Gasteiger partial charge in [0.05, 0.1) is 12.7 Å². The van der Waals surface area contributed by atoms with Crippen molar-refractivity contribution in [2.24, 2.45) is 0 Å². The van der Waals surface area contributed by atoms with E-state index in [1.165, 1.54) is 0 Å². The van der Waals surface area contributed by atoms with Gasteiger partial charge in [0.25, 0.3) is 5.56 Å². The van der Waals surface area contributed by atoms with Gasteiger partial charge in [-0.15, -0.1) is 6.58 Å². The molecule has 0 aromatic carbocycles. The quantitative estimate of drug-likeness (QED) is 0.437. The maximum atomic E-state index is 12.0. The van der Waals surface area contributed by atoms with E-state index >= 15 is 0 Å². The lowest BCUT2D eigenvalue weighted by Gasteiger charge is -2.16. The summed E-state index contributed by atoms with van der Waals surface area (Å²) < 4.78 is 7.20. The van der Waals surface area contributed by atoms with Gasteiger partial charge in [-0.05, 0) is 0 Å². The van der Waals surface area contributed by atoms with Crippen LogP contribution < -0.4 is 16.6 Å². The molecule has 10 nitrogen and oxygen atoms in total. The minimum Gasteiger partial charge on any atom is -0.394 e. The van der Waals surface area contributed by atoms with Crippen molar-refractivity contribution in [3.05, 3.63) is 23.0 Å². The fourth-order valence-electron chi connectivity index (χ4n) is 2.60. The van der Waals surface area contributed by atoms with Gasteiger partial charge in [0.2, 0.25) is 11.9 Å². The number of aliphatic hydroxyl groups excluding tert-OH is 2. The topological polar surface area (TPSA) is 151 Å². The van der Waals surface area contributed by atoms with Gasteiger partial charge in [-0.2, -0.15) is 4.98 Å². The monoisotopic (exact) mass is 322 g/mol. The Labute approximate surface area is 130 Å². The minimum absolute atomic E-state index is 0.0452. The van der Waals surface area contributed by atoms with Gasteiger partial charge < -0.3 is 26.0 Å². The third-order valence-electron chi connectivity index (χ3n) is 3.65. The second-order valence-corrected chi connectivity index (χ2v) is 5.21. The number of nitrogens with one attached hydrogen (secondary N) is 2. The Morgan fingerprint density at radius 1 is 1.57 bits per heavy atom. The highest BCUT2D eigenvalue weighted by Gasteiger charge is 2.36. The van der Waals surface area contributed by atoms with Crippen LogP contribution in [-0.4, -0.2) is 55.1 Å². The van der Waals surface area contributed by atoms with Crippen LogP contribution in [0, 0.1) is 0 Å². The Hall–Kier alpha value is -2.43. The molecule has 2 aromatic rings. The van der Waals surface area contributed by atoms with E-state index in [0.29, 0.717) is 12.5 Å². The molecule has 3 rings (SSSR count). The smallest absolute Gasteiger partial charge is 0.280 e. The molecule has 0 bridgehead atoms. The van der Waals surface area contributed by atoms with E-state index in [0.717, 1.165) is 0 Å². The molecule has 23 heavy (non-hydrogen) atoms. The highest BCUT2D eigenvalue weighted by Crippen LogP contribution is 2.33. The second kappa shape index (κ2) is 5.99. The zero-order valence-corrected chi connectivity index (χ0v) is 12.3. The van der Waals surface area contributed by atoms with Crippen LogP contribution in [-0.2, 0) is 4.74 Å². The summed E-state index contributed by atoms with van der Waals surface area (Å²) in [5, 5.41) is 22.2. The maximum absolute atomic E-state index is 12.0. The first kappa shape index (κ1) is 15.5. The van der Waals surface area contributed by atoms with Crippen molar-refractivity contribution in [2.45, 2.75) is 24.9 Å². The van der Waals surface area contributed by atoms with E-state index in [4.69, 9.17) is 10.5 Å². The number of aliphatic hydroxyl groups is 2. The van der Waals surface area contributed by atoms with Crippen LogP contribution >= 0.6 is 0 Å². The number of hydrogen-bond donors (Lipinski definition) is 5. The molecule has 0 spiro atoms. The number of nitrogens with zero attached hydrogens (tertiary/aromatic N) is 3. The normalized spacial score (nSPS) is 24.2. The third kappa shape index (κ3) is 2.67. The average molecular weight is 322 g/mol. The predicted molar refractivity (Wildman–Crippen MR) is 82.9 cm³/mol. The predicted octanol–water partition coefficient (Wildman–Crippen LogP) is -1.06. The molecule has 1 saturated heterocycles. The zero-order chi connectivity index (χ0) is 16.6. The molecule has 3 atom stereocenters. The molecule has 124 valence electrons. The number of anilines is 2. The zero-order valence-electron chi connectivity index (χ0n) is 12.3. The minimum atomic E-state index is -0.825. The van der Waals surface area contributed by atoms with E-state index in [1.54, 1.807) is 10.6 Å². The highest BCUT2D eigenvalue weighted by molar-refractivity contribution is 5.74. The Kier molecular flexibility index (Phi) is 4.03. The molecule has 6 N–H and O–H groups in total. The molecule has 3 heterocycles. The van der Waals surface area contributed by atoms with Crippen molar-refractivity contribution >= 4 is 23.1 Å². The van der Waals surface area contributed by atoms with Gasteiger partial charge in [-0.3, -0.25) is 14.3 Å². The maximum Gasteiger partial charge on any atom is 0.280 e. The number of aromatic nitrogens is 4. The molecule has 10 heteroatoms. The van der Waals surface area contributed by atoms with E-state index in [-0.39, 0.29) is 30.1 Å². The van der Waals surface area contributed by atoms with Gasteiger partial charge in [0, 0.05) is 13.0 Å². The first-order valence-corrected chi connectivity index (χ1v) is 7.12. The number of nitrogen functional groups attached to an aromatic ring is 1. The fourth-order valence-corrected chi connectivity index (χ4v) is 2.60. The highest BCUT2D eigenvalue weighted by atomic mass is 16.5. The lowest BCUT2D eigenvalue weighted by molar-refractivity contribution is -0.0425. The summed E-state index contributed by atoms with van der Waals surface area (Å²) in [5.74, 6) is 0.301. The van der Waals surface area contributed by atoms with Crippen molar-refractivity contribution in [3.8, 4) is 0 Å². The van der Waals surface area contributed by atoms with Gasteiger partial charge in [0.15, 0.2) is 11.2 Å². The second-order valence-electron chi connectivity index (χ2n) is 5.21.